The number of nitrogens with zero attached hydrogens (tertiary/aromatic N) is 2. The van der Waals surface area contributed by atoms with Crippen LogP contribution in [0.5, 0.6) is 11.6 Å². The lowest BCUT2D eigenvalue weighted by molar-refractivity contribution is 0.453. The molecule has 0 bridgehead atoms. The zero-order chi connectivity index (χ0) is 14.7. The molecule has 2 rings (SSSR count). The monoisotopic (exact) mass is 292 g/mol. The van der Waals surface area contributed by atoms with Crippen molar-refractivity contribution in [3.63, 3.8) is 0 Å². The number of anilines is 1. The Morgan fingerprint density at radius 1 is 1.25 bits per heavy atom. The van der Waals surface area contributed by atoms with Crippen molar-refractivity contribution in [2.75, 3.05) is 5.43 Å². The quantitative estimate of drug-likeness (QED) is 0.665. The third-order valence-corrected chi connectivity index (χ3v) is 3.13. The minimum atomic E-state index is 0.163. The standard InChI is InChI=1S/C14H17ClN4O/c1-8(2)12-17-13(19-16)9(3)14(18-12)20-11-7-5-4-6-10(11)15/h4-8H,16H2,1-3H3,(H,17,18,19). The van der Waals surface area contributed by atoms with Crippen LogP contribution in [0.2, 0.25) is 5.02 Å². The van der Waals surface area contributed by atoms with E-state index in [0.29, 0.717) is 28.3 Å². The first-order chi connectivity index (χ1) is 9.52. The summed E-state index contributed by atoms with van der Waals surface area (Å²) in [5.74, 6) is 7.86. The highest BCUT2D eigenvalue weighted by Gasteiger charge is 2.15. The third kappa shape index (κ3) is 3.00. The fourth-order valence-electron chi connectivity index (χ4n) is 1.64. The highest BCUT2D eigenvalue weighted by atomic mass is 35.5. The number of halogens is 1. The van der Waals surface area contributed by atoms with Crippen LogP contribution in [0.25, 0.3) is 0 Å². The van der Waals surface area contributed by atoms with Gasteiger partial charge in [0.15, 0.2) is 5.82 Å². The fraction of sp³-hybridized carbons (Fsp3) is 0.286. The second-order valence-electron chi connectivity index (χ2n) is 4.69. The van der Waals surface area contributed by atoms with Gasteiger partial charge in [-0.2, -0.15) is 4.98 Å². The number of rotatable bonds is 4. The number of ether oxygens (including phenoxy) is 1. The molecule has 2 aromatic rings. The van der Waals surface area contributed by atoms with E-state index in [4.69, 9.17) is 22.2 Å². The van der Waals surface area contributed by atoms with Crippen LogP contribution in [0.3, 0.4) is 0 Å². The molecular formula is C14H17ClN4O. The first-order valence-corrected chi connectivity index (χ1v) is 6.68. The van der Waals surface area contributed by atoms with Crippen molar-refractivity contribution in [2.45, 2.75) is 26.7 Å². The molecule has 0 amide bonds. The normalized spacial score (nSPS) is 10.7. The second-order valence-corrected chi connectivity index (χ2v) is 5.10. The number of hydrogen-bond acceptors (Lipinski definition) is 5. The Hall–Kier alpha value is -1.85. The Bertz CT molecular complexity index is 616. The number of nitrogens with one attached hydrogen (secondary N) is 1. The van der Waals surface area contributed by atoms with Crippen LogP contribution >= 0.6 is 11.6 Å². The molecule has 6 heteroatoms. The lowest BCUT2D eigenvalue weighted by Gasteiger charge is -2.14. The van der Waals surface area contributed by atoms with Crippen LogP contribution in [-0.2, 0) is 0 Å². The van der Waals surface area contributed by atoms with Crippen molar-refractivity contribution in [1.29, 1.82) is 0 Å². The first-order valence-electron chi connectivity index (χ1n) is 6.30. The van der Waals surface area contributed by atoms with Crippen molar-refractivity contribution in [2.24, 2.45) is 5.84 Å². The van der Waals surface area contributed by atoms with E-state index in [1.165, 1.54) is 0 Å². The van der Waals surface area contributed by atoms with E-state index in [1.54, 1.807) is 12.1 Å². The fourth-order valence-corrected chi connectivity index (χ4v) is 1.82. The smallest absolute Gasteiger partial charge is 0.227 e. The molecule has 20 heavy (non-hydrogen) atoms. The van der Waals surface area contributed by atoms with Gasteiger partial charge in [0.25, 0.3) is 0 Å². The topological polar surface area (TPSA) is 73.1 Å². The Morgan fingerprint density at radius 3 is 2.55 bits per heavy atom. The average molecular weight is 293 g/mol. The number of para-hydroxylation sites is 1. The summed E-state index contributed by atoms with van der Waals surface area (Å²) in [5.41, 5.74) is 3.30. The number of nitrogens with two attached hydrogens (primary N) is 1. The number of aromatic nitrogens is 2. The molecule has 3 N–H and O–H groups in total. The zero-order valence-corrected chi connectivity index (χ0v) is 12.4. The molecule has 0 atom stereocenters. The summed E-state index contributed by atoms with van der Waals surface area (Å²) < 4.78 is 5.79. The third-order valence-electron chi connectivity index (χ3n) is 2.81. The molecule has 0 unspecified atom stereocenters. The summed E-state index contributed by atoms with van der Waals surface area (Å²) in [6.07, 6.45) is 0. The van der Waals surface area contributed by atoms with E-state index in [1.807, 2.05) is 32.9 Å². The van der Waals surface area contributed by atoms with Crippen LogP contribution in [-0.4, -0.2) is 9.97 Å². The molecule has 106 valence electrons. The molecule has 0 fully saturated rings. The molecule has 5 nitrogen and oxygen atoms in total. The molecule has 0 saturated heterocycles. The SMILES string of the molecule is Cc1c(NN)nc(C(C)C)nc1Oc1ccccc1Cl. The Kier molecular flexibility index (Phi) is 4.42. The number of hydrogen-bond donors (Lipinski definition) is 2. The molecule has 0 aliphatic carbocycles. The van der Waals surface area contributed by atoms with Gasteiger partial charge in [0.1, 0.15) is 11.6 Å². The van der Waals surface area contributed by atoms with Crippen molar-refractivity contribution >= 4 is 17.4 Å². The molecule has 1 heterocycles. The first kappa shape index (κ1) is 14.6. The maximum atomic E-state index is 6.09. The van der Waals surface area contributed by atoms with E-state index >= 15 is 0 Å². The number of nitrogen functional groups attached to an aromatic ring is 1. The lowest BCUT2D eigenvalue weighted by atomic mass is 10.2. The van der Waals surface area contributed by atoms with E-state index in [0.717, 1.165) is 5.56 Å². The average Bonchev–Trinajstić information content (AvgIpc) is 2.43. The number of hydrazine groups is 1. The highest BCUT2D eigenvalue weighted by Crippen LogP contribution is 2.32. The summed E-state index contributed by atoms with van der Waals surface area (Å²) in [6, 6.07) is 7.24. The summed E-state index contributed by atoms with van der Waals surface area (Å²) >= 11 is 6.09. The van der Waals surface area contributed by atoms with E-state index in [-0.39, 0.29) is 5.92 Å². The summed E-state index contributed by atoms with van der Waals surface area (Å²) in [7, 11) is 0. The van der Waals surface area contributed by atoms with Gasteiger partial charge in [0, 0.05) is 5.92 Å². The van der Waals surface area contributed by atoms with Crippen molar-refractivity contribution in [3.05, 3.63) is 40.7 Å². The van der Waals surface area contributed by atoms with Gasteiger partial charge in [-0.15, -0.1) is 0 Å². The van der Waals surface area contributed by atoms with Crippen LogP contribution in [0.15, 0.2) is 24.3 Å². The van der Waals surface area contributed by atoms with Gasteiger partial charge >= 0.3 is 0 Å². The van der Waals surface area contributed by atoms with Gasteiger partial charge < -0.3 is 10.2 Å². The van der Waals surface area contributed by atoms with Gasteiger partial charge in [-0.25, -0.2) is 10.8 Å². The van der Waals surface area contributed by atoms with Gasteiger partial charge in [0.05, 0.1) is 10.6 Å². The molecular weight excluding hydrogens is 276 g/mol. The molecule has 1 aromatic heterocycles. The van der Waals surface area contributed by atoms with Crippen molar-refractivity contribution < 1.29 is 4.74 Å². The van der Waals surface area contributed by atoms with E-state index in [2.05, 4.69) is 15.4 Å². The highest BCUT2D eigenvalue weighted by molar-refractivity contribution is 6.32. The van der Waals surface area contributed by atoms with Gasteiger partial charge in [-0.3, -0.25) is 0 Å². The summed E-state index contributed by atoms with van der Waals surface area (Å²) in [6.45, 7) is 5.85. The maximum Gasteiger partial charge on any atom is 0.227 e. The minimum absolute atomic E-state index is 0.163. The largest absolute Gasteiger partial charge is 0.437 e. The van der Waals surface area contributed by atoms with Crippen molar-refractivity contribution in [3.8, 4) is 11.6 Å². The lowest BCUT2D eigenvalue weighted by Crippen LogP contribution is -2.13. The van der Waals surface area contributed by atoms with E-state index < -0.39 is 0 Å². The zero-order valence-electron chi connectivity index (χ0n) is 11.6. The molecule has 0 saturated carbocycles. The summed E-state index contributed by atoms with van der Waals surface area (Å²) in [4.78, 5) is 8.78. The van der Waals surface area contributed by atoms with Crippen LogP contribution < -0.4 is 16.0 Å². The van der Waals surface area contributed by atoms with Crippen molar-refractivity contribution in [1.82, 2.24) is 9.97 Å². The Morgan fingerprint density at radius 2 is 1.95 bits per heavy atom. The number of benzene rings is 1. The Labute approximate surface area is 123 Å². The predicted octanol–water partition coefficient (Wildman–Crippen LogP) is 3.64. The predicted molar refractivity (Wildman–Crippen MR) is 80.2 cm³/mol. The Balaban J connectivity index is 2.45. The minimum Gasteiger partial charge on any atom is -0.437 e. The van der Waals surface area contributed by atoms with Crippen LogP contribution in [0, 0.1) is 6.92 Å². The molecule has 0 aliphatic heterocycles. The van der Waals surface area contributed by atoms with E-state index in [9.17, 15) is 0 Å². The van der Waals surface area contributed by atoms with Gasteiger partial charge in [0.2, 0.25) is 5.88 Å². The maximum absolute atomic E-state index is 6.09. The summed E-state index contributed by atoms with van der Waals surface area (Å²) in [5, 5.41) is 0.527. The molecule has 0 aliphatic rings. The van der Waals surface area contributed by atoms with Crippen LogP contribution in [0.1, 0.15) is 31.2 Å². The molecule has 0 radical (unpaired) electrons. The second kappa shape index (κ2) is 6.07. The molecule has 0 spiro atoms. The van der Waals surface area contributed by atoms with Gasteiger partial charge in [-0.05, 0) is 19.1 Å². The van der Waals surface area contributed by atoms with Gasteiger partial charge in [-0.1, -0.05) is 37.6 Å². The molecule has 1 aromatic carbocycles. The van der Waals surface area contributed by atoms with Crippen LogP contribution in [0.4, 0.5) is 5.82 Å².